The van der Waals surface area contributed by atoms with E-state index >= 15 is 0 Å². The van der Waals surface area contributed by atoms with Crippen molar-refractivity contribution in [2.24, 2.45) is 5.92 Å². The van der Waals surface area contributed by atoms with Gasteiger partial charge in [-0.1, -0.05) is 6.42 Å². The summed E-state index contributed by atoms with van der Waals surface area (Å²) >= 11 is 1.03. The summed E-state index contributed by atoms with van der Waals surface area (Å²) in [6.07, 6.45) is 3.31. The molecule has 0 unspecified atom stereocenters. The molecule has 0 spiro atoms. The molecule has 0 radical (unpaired) electrons. The van der Waals surface area contributed by atoms with Crippen LogP contribution in [0.4, 0.5) is 0 Å². The van der Waals surface area contributed by atoms with Gasteiger partial charge < -0.3 is 19.5 Å². The second-order valence-corrected chi connectivity index (χ2v) is 7.06. The Hall–Kier alpha value is -1.44. The first kappa shape index (κ1) is 16.4. The number of methoxy groups -OCH3 is 1. The predicted octanol–water partition coefficient (Wildman–Crippen LogP) is 2.10. The number of rotatable bonds is 4. The lowest BCUT2D eigenvalue weighted by Gasteiger charge is -2.40. The Balaban J connectivity index is 1.80. The standard InChI is InChI=1S/C16H21NO5S/c1-21-12-4-2-3-10(12)11-9-22-8-7-17(11)15(18)13-5-6-14(23-13)16(19)20/h5-6,10-12H,2-4,7-9H2,1H3,(H,19,20)/t10-,11-,12-/m1/s1. The molecule has 0 aromatic carbocycles. The first-order valence-electron chi connectivity index (χ1n) is 7.86. The molecule has 1 aromatic rings. The van der Waals surface area contributed by atoms with E-state index in [2.05, 4.69) is 0 Å². The molecule has 2 fully saturated rings. The smallest absolute Gasteiger partial charge is 0.345 e. The van der Waals surface area contributed by atoms with E-state index in [1.54, 1.807) is 13.2 Å². The van der Waals surface area contributed by atoms with E-state index in [1.807, 2.05) is 4.90 Å². The van der Waals surface area contributed by atoms with Crippen LogP contribution in [0.3, 0.4) is 0 Å². The van der Waals surface area contributed by atoms with Gasteiger partial charge in [-0.2, -0.15) is 0 Å². The molecule has 1 saturated carbocycles. The Kier molecular flexibility index (Phi) is 4.99. The average Bonchev–Trinajstić information content (AvgIpc) is 3.23. The topological polar surface area (TPSA) is 76.1 Å². The maximum absolute atomic E-state index is 12.8. The van der Waals surface area contributed by atoms with Crippen molar-refractivity contribution in [1.29, 1.82) is 0 Å². The minimum absolute atomic E-state index is 0.000854. The first-order chi connectivity index (χ1) is 11.1. The fourth-order valence-electron chi connectivity index (χ4n) is 3.63. The van der Waals surface area contributed by atoms with Gasteiger partial charge in [-0.25, -0.2) is 4.79 Å². The molecule has 3 atom stereocenters. The van der Waals surface area contributed by atoms with Crippen molar-refractivity contribution in [2.75, 3.05) is 26.9 Å². The lowest BCUT2D eigenvalue weighted by Crippen LogP contribution is -2.53. The van der Waals surface area contributed by atoms with Crippen LogP contribution >= 0.6 is 11.3 Å². The minimum Gasteiger partial charge on any atom is -0.477 e. The Morgan fingerprint density at radius 1 is 1.35 bits per heavy atom. The molecule has 1 saturated heterocycles. The van der Waals surface area contributed by atoms with Crippen molar-refractivity contribution in [3.8, 4) is 0 Å². The molecular formula is C16H21NO5S. The van der Waals surface area contributed by atoms with E-state index in [0.29, 0.717) is 24.6 Å². The third-order valence-electron chi connectivity index (χ3n) is 4.75. The summed E-state index contributed by atoms with van der Waals surface area (Å²) in [6, 6.07) is 3.09. The number of hydrogen-bond acceptors (Lipinski definition) is 5. The predicted molar refractivity (Wildman–Crippen MR) is 85.1 cm³/mol. The molecule has 1 amide bonds. The summed E-state index contributed by atoms with van der Waals surface area (Å²) < 4.78 is 11.2. The Labute approximate surface area is 139 Å². The van der Waals surface area contributed by atoms with E-state index in [0.717, 1.165) is 30.6 Å². The van der Waals surface area contributed by atoms with Crippen LogP contribution in [0.2, 0.25) is 0 Å². The average molecular weight is 339 g/mol. The summed E-state index contributed by atoms with van der Waals surface area (Å²) in [5.74, 6) is -0.816. The third kappa shape index (κ3) is 3.27. The Morgan fingerprint density at radius 2 is 2.13 bits per heavy atom. The zero-order valence-corrected chi connectivity index (χ0v) is 13.9. The van der Waals surface area contributed by atoms with E-state index in [-0.39, 0.29) is 28.8 Å². The second kappa shape index (κ2) is 6.98. The summed E-state index contributed by atoms with van der Waals surface area (Å²) in [7, 11) is 1.72. The number of carbonyl (C=O) groups is 2. The number of amides is 1. The fraction of sp³-hybridized carbons (Fsp3) is 0.625. The second-order valence-electron chi connectivity index (χ2n) is 5.98. The molecule has 0 bridgehead atoms. The highest BCUT2D eigenvalue weighted by Crippen LogP contribution is 2.35. The van der Waals surface area contributed by atoms with Crippen LogP contribution in [0.5, 0.6) is 0 Å². The van der Waals surface area contributed by atoms with Crippen LogP contribution in [-0.2, 0) is 9.47 Å². The van der Waals surface area contributed by atoms with Gasteiger partial charge in [-0.05, 0) is 25.0 Å². The maximum atomic E-state index is 12.8. The van der Waals surface area contributed by atoms with Gasteiger partial charge in [0.1, 0.15) is 4.88 Å². The molecule has 23 heavy (non-hydrogen) atoms. The van der Waals surface area contributed by atoms with Gasteiger partial charge >= 0.3 is 5.97 Å². The third-order valence-corrected chi connectivity index (χ3v) is 5.82. The molecule has 1 aliphatic heterocycles. The molecule has 7 heteroatoms. The van der Waals surface area contributed by atoms with Gasteiger partial charge in [-0.3, -0.25) is 4.79 Å². The lowest BCUT2D eigenvalue weighted by atomic mass is 9.94. The molecule has 2 heterocycles. The number of carbonyl (C=O) groups excluding carboxylic acids is 1. The Bertz CT molecular complexity index is 587. The number of ether oxygens (including phenoxy) is 2. The van der Waals surface area contributed by atoms with Gasteiger partial charge in [-0.15, -0.1) is 11.3 Å². The van der Waals surface area contributed by atoms with Crippen molar-refractivity contribution in [1.82, 2.24) is 4.90 Å². The summed E-state index contributed by atoms with van der Waals surface area (Å²) in [6.45, 7) is 1.58. The lowest BCUT2D eigenvalue weighted by molar-refractivity contribution is -0.0458. The van der Waals surface area contributed by atoms with E-state index in [9.17, 15) is 9.59 Å². The van der Waals surface area contributed by atoms with Gasteiger partial charge in [0.2, 0.25) is 0 Å². The van der Waals surface area contributed by atoms with Crippen LogP contribution in [0, 0.1) is 5.92 Å². The summed E-state index contributed by atoms with van der Waals surface area (Å²) in [5.41, 5.74) is 0. The molecule has 1 N–H and O–H groups in total. The summed E-state index contributed by atoms with van der Waals surface area (Å²) in [5, 5.41) is 9.03. The molecule has 1 aromatic heterocycles. The van der Waals surface area contributed by atoms with Gasteiger partial charge in [0.25, 0.3) is 5.91 Å². The number of carboxylic acids is 1. The number of morpholine rings is 1. The maximum Gasteiger partial charge on any atom is 0.345 e. The van der Waals surface area contributed by atoms with E-state index in [4.69, 9.17) is 14.6 Å². The molecule has 2 aliphatic rings. The monoisotopic (exact) mass is 339 g/mol. The fourth-order valence-corrected chi connectivity index (χ4v) is 4.43. The number of aromatic carboxylic acids is 1. The first-order valence-corrected chi connectivity index (χ1v) is 8.68. The molecular weight excluding hydrogens is 318 g/mol. The highest BCUT2D eigenvalue weighted by molar-refractivity contribution is 7.15. The summed E-state index contributed by atoms with van der Waals surface area (Å²) in [4.78, 5) is 26.4. The molecule has 126 valence electrons. The van der Waals surface area contributed by atoms with Crippen LogP contribution in [0.15, 0.2) is 12.1 Å². The zero-order valence-electron chi connectivity index (χ0n) is 13.1. The quantitative estimate of drug-likeness (QED) is 0.909. The van der Waals surface area contributed by atoms with Crippen LogP contribution < -0.4 is 0 Å². The number of hydrogen-bond donors (Lipinski definition) is 1. The van der Waals surface area contributed by atoms with Crippen LogP contribution in [0.1, 0.15) is 38.6 Å². The van der Waals surface area contributed by atoms with Crippen molar-refractivity contribution >= 4 is 23.2 Å². The van der Waals surface area contributed by atoms with Crippen molar-refractivity contribution in [3.05, 3.63) is 21.9 Å². The molecule has 1 aliphatic carbocycles. The van der Waals surface area contributed by atoms with Gasteiger partial charge in [0, 0.05) is 19.6 Å². The van der Waals surface area contributed by atoms with Gasteiger partial charge in [0.15, 0.2) is 0 Å². The largest absolute Gasteiger partial charge is 0.477 e. The number of nitrogens with zero attached hydrogens (tertiary/aromatic N) is 1. The van der Waals surface area contributed by atoms with Crippen molar-refractivity contribution < 1.29 is 24.2 Å². The van der Waals surface area contributed by atoms with Crippen molar-refractivity contribution in [2.45, 2.75) is 31.4 Å². The highest BCUT2D eigenvalue weighted by Gasteiger charge is 2.40. The van der Waals surface area contributed by atoms with Crippen molar-refractivity contribution in [3.63, 3.8) is 0 Å². The Morgan fingerprint density at radius 3 is 2.83 bits per heavy atom. The molecule has 6 nitrogen and oxygen atoms in total. The number of carboxylic acid groups (broad SMARTS) is 1. The van der Waals surface area contributed by atoms with Crippen LogP contribution in [-0.4, -0.2) is 60.9 Å². The van der Waals surface area contributed by atoms with Gasteiger partial charge in [0.05, 0.1) is 30.2 Å². The van der Waals surface area contributed by atoms with E-state index in [1.165, 1.54) is 6.07 Å². The highest BCUT2D eigenvalue weighted by atomic mass is 32.1. The minimum atomic E-state index is -0.997. The van der Waals surface area contributed by atoms with Crippen LogP contribution in [0.25, 0.3) is 0 Å². The zero-order chi connectivity index (χ0) is 16.4. The SMILES string of the molecule is CO[C@@H]1CCC[C@@H]1[C@H]1COCCN1C(=O)c1ccc(C(=O)O)s1. The molecule has 3 rings (SSSR count). The normalized spacial score (nSPS) is 28.0. The van der Waals surface area contributed by atoms with E-state index < -0.39 is 5.97 Å². The number of thiophene rings is 1.